The van der Waals surface area contributed by atoms with Gasteiger partial charge in [0.05, 0.1) is 6.61 Å². The smallest absolute Gasteiger partial charge is 0.0620 e. The van der Waals surface area contributed by atoms with Crippen molar-refractivity contribution in [3.8, 4) is 0 Å². The number of benzene rings is 1. The standard InChI is InChI=1S/C13H16N2O/c1-2-11-3-5-14-13(11)7-10(1)8-15-12-4-6-16-9-12/h1-3,5,7,12,14-15H,4,6,8-9H2. The average Bonchev–Trinajstić information content (AvgIpc) is 2.97. The minimum absolute atomic E-state index is 0.527. The Bertz CT molecular complexity index is 471. The summed E-state index contributed by atoms with van der Waals surface area (Å²) in [5.41, 5.74) is 2.53. The van der Waals surface area contributed by atoms with Gasteiger partial charge in [-0.1, -0.05) is 12.1 Å². The summed E-state index contributed by atoms with van der Waals surface area (Å²) in [7, 11) is 0. The lowest BCUT2D eigenvalue weighted by Gasteiger charge is -2.10. The van der Waals surface area contributed by atoms with Crippen molar-refractivity contribution in [2.24, 2.45) is 0 Å². The Hall–Kier alpha value is -1.32. The number of aromatic nitrogens is 1. The monoisotopic (exact) mass is 216 g/mol. The topological polar surface area (TPSA) is 37.0 Å². The Balaban J connectivity index is 1.68. The van der Waals surface area contributed by atoms with Crippen molar-refractivity contribution in [2.45, 2.75) is 19.0 Å². The van der Waals surface area contributed by atoms with Gasteiger partial charge in [-0.3, -0.25) is 0 Å². The zero-order valence-corrected chi connectivity index (χ0v) is 9.20. The molecule has 3 nitrogen and oxygen atoms in total. The first-order valence-corrected chi connectivity index (χ1v) is 5.79. The molecule has 16 heavy (non-hydrogen) atoms. The van der Waals surface area contributed by atoms with E-state index in [0.717, 1.165) is 26.2 Å². The number of rotatable bonds is 3. The molecule has 0 radical (unpaired) electrons. The van der Waals surface area contributed by atoms with Gasteiger partial charge in [0.15, 0.2) is 0 Å². The van der Waals surface area contributed by atoms with Crippen molar-refractivity contribution in [1.82, 2.24) is 10.3 Å². The van der Waals surface area contributed by atoms with E-state index in [1.807, 2.05) is 6.20 Å². The van der Waals surface area contributed by atoms with Crippen LogP contribution in [0.4, 0.5) is 0 Å². The van der Waals surface area contributed by atoms with Crippen LogP contribution in [-0.2, 0) is 11.3 Å². The summed E-state index contributed by atoms with van der Waals surface area (Å²) in [6.45, 7) is 2.67. The number of nitrogens with one attached hydrogen (secondary N) is 2. The predicted octanol–water partition coefficient (Wildman–Crippen LogP) is 2.05. The molecule has 1 aliphatic rings. The second-order valence-corrected chi connectivity index (χ2v) is 4.34. The van der Waals surface area contributed by atoms with E-state index in [2.05, 4.69) is 34.6 Å². The molecule has 0 spiro atoms. The lowest BCUT2D eigenvalue weighted by atomic mass is 10.1. The Labute approximate surface area is 94.8 Å². The van der Waals surface area contributed by atoms with Gasteiger partial charge in [-0.25, -0.2) is 0 Å². The SMILES string of the molecule is c1cc2ccc(CNC3CCOC3)cc2[nH]1. The molecule has 1 unspecified atom stereocenters. The third kappa shape index (κ3) is 1.96. The van der Waals surface area contributed by atoms with Crippen LogP contribution >= 0.6 is 0 Å². The van der Waals surface area contributed by atoms with Crippen LogP contribution in [-0.4, -0.2) is 24.2 Å². The number of hydrogen-bond acceptors (Lipinski definition) is 2. The van der Waals surface area contributed by atoms with E-state index in [0.29, 0.717) is 6.04 Å². The van der Waals surface area contributed by atoms with Crippen molar-refractivity contribution in [1.29, 1.82) is 0 Å². The number of H-pyrrole nitrogens is 1. The van der Waals surface area contributed by atoms with Crippen molar-refractivity contribution in [2.75, 3.05) is 13.2 Å². The quantitative estimate of drug-likeness (QED) is 0.824. The zero-order valence-electron chi connectivity index (χ0n) is 9.20. The average molecular weight is 216 g/mol. The highest BCUT2D eigenvalue weighted by atomic mass is 16.5. The second-order valence-electron chi connectivity index (χ2n) is 4.34. The molecule has 1 aromatic heterocycles. The fourth-order valence-corrected chi connectivity index (χ4v) is 2.16. The Kier molecular flexibility index (Phi) is 2.64. The fourth-order valence-electron chi connectivity index (χ4n) is 2.16. The van der Waals surface area contributed by atoms with E-state index in [1.165, 1.54) is 16.5 Å². The molecule has 1 aromatic carbocycles. The van der Waals surface area contributed by atoms with E-state index in [4.69, 9.17) is 4.74 Å². The highest BCUT2D eigenvalue weighted by Crippen LogP contribution is 2.14. The molecule has 0 saturated carbocycles. The Morgan fingerprint density at radius 3 is 3.25 bits per heavy atom. The van der Waals surface area contributed by atoms with Crippen LogP contribution in [0.1, 0.15) is 12.0 Å². The van der Waals surface area contributed by atoms with Crippen LogP contribution in [0.5, 0.6) is 0 Å². The van der Waals surface area contributed by atoms with Crippen LogP contribution in [0.15, 0.2) is 30.5 Å². The van der Waals surface area contributed by atoms with Crippen molar-refractivity contribution in [3.05, 3.63) is 36.0 Å². The molecule has 0 aliphatic carbocycles. The molecular weight excluding hydrogens is 200 g/mol. The van der Waals surface area contributed by atoms with Gasteiger partial charge in [0.2, 0.25) is 0 Å². The maximum absolute atomic E-state index is 5.33. The van der Waals surface area contributed by atoms with Gasteiger partial charge in [-0.05, 0) is 29.5 Å². The number of ether oxygens (including phenoxy) is 1. The molecule has 1 saturated heterocycles. The van der Waals surface area contributed by atoms with Gasteiger partial charge in [0.25, 0.3) is 0 Å². The molecular formula is C13H16N2O. The summed E-state index contributed by atoms with van der Waals surface area (Å²) in [6.07, 6.45) is 3.11. The lowest BCUT2D eigenvalue weighted by Crippen LogP contribution is -2.28. The number of hydrogen-bond donors (Lipinski definition) is 2. The van der Waals surface area contributed by atoms with E-state index < -0.39 is 0 Å². The Morgan fingerprint density at radius 2 is 2.38 bits per heavy atom. The molecule has 1 fully saturated rings. The van der Waals surface area contributed by atoms with Gasteiger partial charge in [-0.15, -0.1) is 0 Å². The molecule has 2 N–H and O–H groups in total. The first kappa shape index (κ1) is 9.87. The molecule has 84 valence electrons. The number of aromatic amines is 1. The maximum atomic E-state index is 5.33. The lowest BCUT2D eigenvalue weighted by molar-refractivity contribution is 0.190. The Morgan fingerprint density at radius 1 is 1.38 bits per heavy atom. The summed E-state index contributed by atoms with van der Waals surface area (Å²) in [5.74, 6) is 0. The summed E-state index contributed by atoms with van der Waals surface area (Å²) < 4.78 is 5.33. The van der Waals surface area contributed by atoms with Crippen LogP contribution in [0, 0.1) is 0 Å². The summed E-state index contributed by atoms with van der Waals surface area (Å²) in [6, 6.07) is 9.17. The normalized spacial score (nSPS) is 20.6. The van der Waals surface area contributed by atoms with Gasteiger partial charge in [0.1, 0.15) is 0 Å². The minimum atomic E-state index is 0.527. The highest BCUT2D eigenvalue weighted by molar-refractivity contribution is 5.79. The first-order chi connectivity index (χ1) is 7.92. The third-order valence-corrected chi connectivity index (χ3v) is 3.14. The largest absolute Gasteiger partial charge is 0.380 e. The zero-order chi connectivity index (χ0) is 10.8. The van der Waals surface area contributed by atoms with Gasteiger partial charge >= 0.3 is 0 Å². The van der Waals surface area contributed by atoms with E-state index in [1.54, 1.807) is 0 Å². The molecule has 1 aliphatic heterocycles. The molecule has 3 rings (SSSR count). The van der Waals surface area contributed by atoms with Gasteiger partial charge < -0.3 is 15.0 Å². The van der Waals surface area contributed by atoms with Gasteiger partial charge in [-0.2, -0.15) is 0 Å². The first-order valence-electron chi connectivity index (χ1n) is 5.79. The van der Waals surface area contributed by atoms with E-state index in [9.17, 15) is 0 Å². The minimum Gasteiger partial charge on any atom is -0.380 e. The maximum Gasteiger partial charge on any atom is 0.0620 e. The van der Waals surface area contributed by atoms with E-state index >= 15 is 0 Å². The molecule has 2 heterocycles. The summed E-state index contributed by atoms with van der Waals surface area (Å²) in [5, 5.41) is 4.79. The van der Waals surface area contributed by atoms with Crippen LogP contribution < -0.4 is 5.32 Å². The van der Waals surface area contributed by atoms with Gasteiger partial charge in [0, 0.05) is 30.9 Å². The van der Waals surface area contributed by atoms with Crippen molar-refractivity contribution in [3.63, 3.8) is 0 Å². The van der Waals surface area contributed by atoms with Crippen LogP contribution in [0.25, 0.3) is 10.9 Å². The molecule has 0 bridgehead atoms. The highest BCUT2D eigenvalue weighted by Gasteiger charge is 2.14. The summed E-state index contributed by atoms with van der Waals surface area (Å²) in [4.78, 5) is 3.24. The van der Waals surface area contributed by atoms with Crippen LogP contribution in [0.2, 0.25) is 0 Å². The molecule has 0 amide bonds. The molecule has 2 aromatic rings. The number of fused-ring (bicyclic) bond motifs is 1. The predicted molar refractivity (Wildman–Crippen MR) is 64.4 cm³/mol. The molecule has 3 heteroatoms. The van der Waals surface area contributed by atoms with Crippen molar-refractivity contribution < 1.29 is 4.74 Å². The second kappa shape index (κ2) is 4.28. The van der Waals surface area contributed by atoms with Crippen molar-refractivity contribution >= 4 is 10.9 Å². The third-order valence-electron chi connectivity index (χ3n) is 3.14. The molecule has 1 atom stereocenters. The van der Waals surface area contributed by atoms with E-state index in [-0.39, 0.29) is 0 Å². The van der Waals surface area contributed by atoms with Crippen LogP contribution in [0.3, 0.4) is 0 Å². The summed E-state index contributed by atoms with van der Waals surface area (Å²) >= 11 is 0. The fraction of sp³-hybridized carbons (Fsp3) is 0.385.